The van der Waals surface area contributed by atoms with Gasteiger partial charge in [-0.05, 0) is 65.6 Å². The number of primary amides is 1. The number of esters is 1. The molecule has 9 N–H and O–H groups in total. The summed E-state index contributed by atoms with van der Waals surface area (Å²) in [6.07, 6.45) is -7.32. The van der Waals surface area contributed by atoms with Crippen molar-refractivity contribution in [3.8, 4) is 0 Å². The largest absolute Gasteiger partial charge is 0.467 e. The summed E-state index contributed by atoms with van der Waals surface area (Å²) in [6.45, 7) is 10.3. The lowest BCUT2D eigenvalue weighted by Gasteiger charge is -2.49. The number of carbonyl (C=O) groups excluding carboxylic acids is 8. The Hall–Kier alpha value is -3.89. The molecule has 0 bridgehead atoms. The number of thioether (sulfide) groups is 1. The SMILES string of the molecule is COC(=O)[C@@H](CCC(N)=O)NC(=O)[C@H](C)NC(=O)[C@@H](C)O[C@H]1[C@H](O)[C@@H](C(O)C(=O)CCCCCCCNC(=O)OC(C)(C)C)OC(O)(SC(C)=O)[C@@H]1NC(C)=O. The van der Waals surface area contributed by atoms with Crippen LogP contribution in [-0.4, -0.2) is 135 Å². The van der Waals surface area contributed by atoms with E-state index in [4.69, 9.17) is 19.9 Å². The van der Waals surface area contributed by atoms with E-state index in [0.717, 1.165) is 27.4 Å². The first-order chi connectivity index (χ1) is 25.9. The van der Waals surface area contributed by atoms with Crippen molar-refractivity contribution in [2.75, 3.05) is 13.7 Å². The number of nitrogens with one attached hydrogen (secondary N) is 4. The molecular formula is C35H59N5O15S. The van der Waals surface area contributed by atoms with Gasteiger partial charge in [0.1, 0.15) is 54.2 Å². The van der Waals surface area contributed by atoms with Crippen LogP contribution in [-0.2, 0) is 52.5 Å². The molecule has 56 heavy (non-hydrogen) atoms. The van der Waals surface area contributed by atoms with Crippen LogP contribution in [0.25, 0.3) is 0 Å². The minimum absolute atomic E-state index is 0.152. The molecule has 1 aliphatic heterocycles. The van der Waals surface area contributed by atoms with Crippen LogP contribution in [0.4, 0.5) is 4.79 Å². The Morgan fingerprint density at radius 1 is 0.929 bits per heavy atom. The fraction of sp³-hybridized carbons (Fsp3) is 0.771. The number of ether oxygens (including phenoxy) is 4. The summed E-state index contributed by atoms with van der Waals surface area (Å²) in [5.41, 5.74) is 4.52. The van der Waals surface area contributed by atoms with Crippen molar-refractivity contribution in [2.45, 2.75) is 159 Å². The van der Waals surface area contributed by atoms with Crippen molar-refractivity contribution >= 4 is 58.4 Å². The molecule has 1 aliphatic rings. The van der Waals surface area contributed by atoms with Crippen LogP contribution in [0.15, 0.2) is 0 Å². The van der Waals surface area contributed by atoms with Crippen molar-refractivity contribution in [3.63, 3.8) is 0 Å². The number of hydrogen-bond donors (Lipinski definition) is 8. The molecule has 0 spiro atoms. The Labute approximate surface area is 330 Å². The number of hydrogen-bond acceptors (Lipinski definition) is 16. The molecule has 0 aromatic carbocycles. The van der Waals surface area contributed by atoms with E-state index in [9.17, 15) is 53.7 Å². The van der Waals surface area contributed by atoms with E-state index in [-0.39, 0.29) is 31.0 Å². The predicted octanol–water partition coefficient (Wildman–Crippen LogP) is -0.826. The fourth-order valence-corrected chi connectivity index (χ4v) is 6.38. The molecule has 1 fully saturated rings. The maximum absolute atomic E-state index is 13.2. The van der Waals surface area contributed by atoms with Crippen molar-refractivity contribution in [1.82, 2.24) is 21.3 Å². The molecule has 320 valence electrons. The smallest absolute Gasteiger partial charge is 0.407 e. The van der Waals surface area contributed by atoms with Crippen molar-refractivity contribution < 1.29 is 72.6 Å². The molecule has 1 saturated heterocycles. The van der Waals surface area contributed by atoms with Crippen LogP contribution < -0.4 is 27.0 Å². The number of nitrogens with two attached hydrogens (primary N) is 1. The summed E-state index contributed by atoms with van der Waals surface area (Å²) in [7, 11) is 1.07. The number of Topliss-reactive ketones (excluding diaryl/α,β-unsaturated/α-hetero) is 1. The monoisotopic (exact) mass is 821 g/mol. The zero-order valence-electron chi connectivity index (χ0n) is 33.2. The minimum Gasteiger partial charge on any atom is -0.467 e. The molecule has 2 unspecified atom stereocenters. The summed E-state index contributed by atoms with van der Waals surface area (Å²) in [4.78, 5) is 98.7. The molecule has 21 heteroatoms. The topological polar surface area (TPSA) is 308 Å². The van der Waals surface area contributed by atoms with Crippen LogP contribution in [0.2, 0.25) is 0 Å². The van der Waals surface area contributed by atoms with E-state index in [0.29, 0.717) is 32.2 Å². The third-order valence-corrected chi connectivity index (χ3v) is 9.15. The first-order valence-corrected chi connectivity index (χ1v) is 19.1. The van der Waals surface area contributed by atoms with E-state index < -0.39 is 106 Å². The average molecular weight is 822 g/mol. The maximum atomic E-state index is 13.2. The fourth-order valence-electron chi connectivity index (χ4n) is 5.48. The molecule has 1 rings (SSSR count). The Morgan fingerprint density at radius 2 is 1.54 bits per heavy atom. The summed E-state index contributed by atoms with van der Waals surface area (Å²) in [6, 6.07) is -4.30. The number of carbonyl (C=O) groups is 8. The standard InChI is InChI=1S/C35H59N5O15S/c1-18(30(47)40-22(32(49)52-8)15-16-24(36)44)38-31(48)19(2)53-28-26(46)27(54-35(51,56-21(4)42)29(28)39-20(3)41)25(45)23(43)14-12-10-9-11-13-17-37-33(50)55-34(5,6)7/h18-19,22,25-29,45-46,51H,9-17H2,1-8H3,(H2,36,44)(H,37,50)(H,38,48)(H,39,41)(H,40,47)/t18-,19+,22+,25?,26+,27+,28-,29+,35?/m0/s1. The summed E-state index contributed by atoms with van der Waals surface area (Å²) in [5.74, 6) is -4.92. The van der Waals surface area contributed by atoms with E-state index in [2.05, 4.69) is 26.0 Å². The Morgan fingerprint density at radius 3 is 2.09 bits per heavy atom. The average Bonchev–Trinajstić information content (AvgIpc) is 3.08. The molecule has 5 amide bonds. The van der Waals surface area contributed by atoms with E-state index >= 15 is 0 Å². The van der Waals surface area contributed by atoms with Gasteiger partial charge in [0.2, 0.25) is 28.7 Å². The van der Waals surface area contributed by atoms with Crippen molar-refractivity contribution in [3.05, 3.63) is 0 Å². The second-order valence-corrected chi connectivity index (χ2v) is 15.8. The Balaban J connectivity index is 3.04. The summed E-state index contributed by atoms with van der Waals surface area (Å²) >= 11 is 0.179. The third kappa shape index (κ3) is 17.5. The van der Waals surface area contributed by atoms with Gasteiger partial charge < -0.3 is 61.3 Å². The highest BCUT2D eigenvalue weighted by Crippen LogP contribution is 2.40. The summed E-state index contributed by atoms with van der Waals surface area (Å²) in [5, 5.41) is 40.4. The van der Waals surface area contributed by atoms with Gasteiger partial charge in [-0.3, -0.25) is 28.8 Å². The van der Waals surface area contributed by atoms with Crippen molar-refractivity contribution in [1.29, 1.82) is 0 Å². The van der Waals surface area contributed by atoms with Gasteiger partial charge in [0.25, 0.3) is 0 Å². The highest BCUT2D eigenvalue weighted by atomic mass is 32.2. The zero-order valence-corrected chi connectivity index (χ0v) is 34.0. The number of rotatable bonds is 22. The number of amides is 5. The van der Waals surface area contributed by atoms with Gasteiger partial charge in [-0.2, -0.15) is 0 Å². The molecule has 0 aromatic rings. The molecule has 20 nitrogen and oxygen atoms in total. The quantitative estimate of drug-likeness (QED) is 0.0376. The van der Waals surface area contributed by atoms with Crippen LogP contribution in [0, 0.1) is 0 Å². The highest BCUT2D eigenvalue weighted by molar-refractivity contribution is 8.14. The Kier molecular flexibility index (Phi) is 20.9. The van der Waals surface area contributed by atoms with E-state index in [1.165, 1.54) is 13.8 Å². The number of unbranched alkanes of at least 4 members (excludes halogenated alkanes) is 4. The van der Waals surface area contributed by atoms with Gasteiger partial charge in [-0.25, -0.2) is 9.59 Å². The summed E-state index contributed by atoms with van der Waals surface area (Å²) < 4.78 is 21.2. The second-order valence-electron chi connectivity index (χ2n) is 14.4. The van der Waals surface area contributed by atoms with Crippen molar-refractivity contribution in [2.24, 2.45) is 5.73 Å². The van der Waals surface area contributed by atoms with E-state index in [1.807, 2.05) is 0 Å². The lowest BCUT2D eigenvalue weighted by molar-refractivity contribution is -0.291. The first kappa shape index (κ1) is 50.1. The minimum atomic E-state index is -2.71. The number of alkyl carbamates (subject to hydrolysis) is 1. The lowest BCUT2D eigenvalue weighted by Crippen LogP contribution is -2.72. The molecule has 1 heterocycles. The van der Waals surface area contributed by atoms with Gasteiger partial charge in [0, 0.05) is 33.2 Å². The van der Waals surface area contributed by atoms with Crippen LogP contribution in [0.5, 0.6) is 0 Å². The number of methoxy groups -OCH3 is 1. The molecule has 0 aliphatic carbocycles. The van der Waals surface area contributed by atoms with Gasteiger partial charge in [-0.15, -0.1) is 0 Å². The number of aliphatic hydroxyl groups is 3. The second kappa shape index (κ2) is 23.4. The number of ketones is 1. The highest BCUT2D eigenvalue weighted by Gasteiger charge is 2.59. The van der Waals surface area contributed by atoms with Crippen LogP contribution in [0.1, 0.15) is 99.8 Å². The predicted molar refractivity (Wildman–Crippen MR) is 199 cm³/mol. The van der Waals surface area contributed by atoms with Gasteiger partial charge >= 0.3 is 12.1 Å². The molecular weight excluding hydrogens is 762 g/mol. The maximum Gasteiger partial charge on any atom is 0.407 e. The van der Waals surface area contributed by atoms with Crippen LogP contribution in [0.3, 0.4) is 0 Å². The van der Waals surface area contributed by atoms with Gasteiger partial charge in [0.05, 0.1) is 7.11 Å². The molecule has 0 radical (unpaired) electrons. The molecule has 0 aromatic heterocycles. The van der Waals surface area contributed by atoms with E-state index in [1.54, 1.807) is 20.8 Å². The third-order valence-electron chi connectivity index (χ3n) is 8.22. The molecule has 9 atom stereocenters. The van der Waals surface area contributed by atoms with Gasteiger partial charge in [-0.1, -0.05) is 19.3 Å². The molecule has 0 saturated carbocycles. The van der Waals surface area contributed by atoms with Gasteiger partial charge in [0.15, 0.2) is 10.9 Å². The Bertz CT molecular complexity index is 1400. The first-order valence-electron chi connectivity index (χ1n) is 18.3. The number of aliphatic hydroxyl groups excluding tert-OH is 2. The zero-order chi connectivity index (χ0) is 43.0. The van der Waals surface area contributed by atoms with Crippen LogP contribution >= 0.6 is 11.8 Å². The lowest BCUT2D eigenvalue weighted by atomic mass is 9.90. The normalized spacial score (nSPS) is 23.0.